The highest BCUT2D eigenvalue weighted by atomic mass is 35.5. The minimum Gasteiger partial charge on any atom is -0.376 e. The fraction of sp³-hybridized carbons (Fsp3) is 1.00. The zero-order chi connectivity index (χ0) is 7.56. The molecule has 0 aromatic rings. The SMILES string of the molecule is CC(C)[C@H]1OCCC[C@@H]1Cl. The number of alkyl halides is 1. The molecule has 1 aliphatic heterocycles. The molecule has 2 heteroatoms. The topological polar surface area (TPSA) is 9.23 Å². The predicted octanol–water partition coefficient (Wildman–Crippen LogP) is 2.43. The van der Waals surface area contributed by atoms with Crippen LogP contribution in [0.3, 0.4) is 0 Å². The van der Waals surface area contributed by atoms with E-state index in [2.05, 4.69) is 13.8 Å². The maximum atomic E-state index is 6.05. The molecular weight excluding hydrogens is 148 g/mol. The van der Waals surface area contributed by atoms with Crippen molar-refractivity contribution in [1.29, 1.82) is 0 Å². The Labute approximate surface area is 67.7 Å². The van der Waals surface area contributed by atoms with Gasteiger partial charge >= 0.3 is 0 Å². The quantitative estimate of drug-likeness (QED) is 0.539. The molecule has 0 spiro atoms. The number of ether oxygens (including phenoxy) is 1. The maximum absolute atomic E-state index is 6.05. The molecule has 10 heavy (non-hydrogen) atoms. The van der Waals surface area contributed by atoms with E-state index >= 15 is 0 Å². The third-order valence-corrected chi connectivity index (χ3v) is 2.41. The van der Waals surface area contributed by atoms with Crippen molar-refractivity contribution in [2.75, 3.05) is 6.61 Å². The second-order valence-corrected chi connectivity index (χ2v) is 3.80. The second kappa shape index (κ2) is 3.59. The van der Waals surface area contributed by atoms with Crippen molar-refractivity contribution in [1.82, 2.24) is 0 Å². The van der Waals surface area contributed by atoms with E-state index in [1.165, 1.54) is 0 Å². The zero-order valence-corrected chi connectivity index (χ0v) is 7.40. The average Bonchev–Trinajstić information content (AvgIpc) is 1.88. The third-order valence-electron chi connectivity index (χ3n) is 1.95. The molecule has 1 rings (SSSR count). The standard InChI is InChI=1S/C8H15ClO/c1-6(2)8-7(9)4-3-5-10-8/h6-8H,3-5H2,1-2H3/t7-,8+/m0/s1. The van der Waals surface area contributed by atoms with Gasteiger partial charge in [-0.05, 0) is 18.8 Å². The van der Waals surface area contributed by atoms with Gasteiger partial charge in [-0.15, -0.1) is 11.6 Å². The Hall–Kier alpha value is 0.250. The van der Waals surface area contributed by atoms with Crippen LogP contribution >= 0.6 is 11.6 Å². The van der Waals surface area contributed by atoms with Gasteiger partial charge in [0.15, 0.2) is 0 Å². The average molecular weight is 163 g/mol. The molecule has 1 fully saturated rings. The second-order valence-electron chi connectivity index (χ2n) is 3.24. The molecule has 60 valence electrons. The van der Waals surface area contributed by atoms with Gasteiger partial charge in [0, 0.05) is 6.61 Å². The Balaban J connectivity index is 2.40. The van der Waals surface area contributed by atoms with E-state index in [9.17, 15) is 0 Å². The number of hydrogen-bond acceptors (Lipinski definition) is 1. The molecule has 0 radical (unpaired) electrons. The van der Waals surface area contributed by atoms with E-state index in [1.807, 2.05) is 0 Å². The first-order chi connectivity index (χ1) is 4.72. The van der Waals surface area contributed by atoms with Crippen molar-refractivity contribution in [2.24, 2.45) is 5.92 Å². The van der Waals surface area contributed by atoms with E-state index in [0.29, 0.717) is 5.92 Å². The Morgan fingerprint density at radius 3 is 2.60 bits per heavy atom. The van der Waals surface area contributed by atoms with Crippen molar-refractivity contribution in [3.63, 3.8) is 0 Å². The van der Waals surface area contributed by atoms with Crippen molar-refractivity contribution in [3.05, 3.63) is 0 Å². The highest BCUT2D eigenvalue weighted by molar-refractivity contribution is 6.21. The number of halogens is 1. The molecule has 0 amide bonds. The minimum atomic E-state index is 0.244. The lowest BCUT2D eigenvalue weighted by Gasteiger charge is -2.30. The van der Waals surface area contributed by atoms with Crippen LogP contribution in [0.15, 0.2) is 0 Å². The van der Waals surface area contributed by atoms with Crippen LogP contribution in [0.5, 0.6) is 0 Å². The lowest BCUT2D eigenvalue weighted by Crippen LogP contribution is -2.34. The van der Waals surface area contributed by atoms with Crippen molar-refractivity contribution in [2.45, 2.75) is 38.2 Å². The van der Waals surface area contributed by atoms with Gasteiger partial charge in [0.2, 0.25) is 0 Å². The summed E-state index contributed by atoms with van der Waals surface area (Å²) in [6, 6.07) is 0. The summed E-state index contributed by atoms with van der Waals surface area (Å²) >= 11 is 6.05. The summed E-state index contributed by atoms with van der Waals surface area (Å²) in [4.78, 5) is 0. The highest BCUT2D eigenvalue weighted by Gasteiger charge is 2.26. The van der Waals surface area contributed by atoms with Crippen LogP contribution in [0, 0.1) is 5.92 Å². The Morgan fingerprint density at radius 1 is 1.50 bits per heavy atom. The van der Waals surface area contributed by atoms with Crippen LogP contribution < -0.4 is 0 Å². The monoisotopic (exact) mass is 162 g/mol. The van der Waals surface area contributed by atoms with Gasteiger partial charge in [-0.3, -0.25) is 0 Å². The van der Waals surface area contributed by atoms with E-state index in [1.54, 1.807) is 0 Å². The van der Waals surface area contributed by atoms with Gasteiger partial charge in [-0.1, -0.05) is 13.8 Å². The van der Waals surface area contributed by atoms with E-state index in [4.69, 9.17) is 16.3 Å². The summed E-state index contributed by atoms with van der Waals surface area (Å²) in [5, 5.41) is 0.244. The molecule has 1 saturated heterocycles. The summed E-state index contributed by atoms with van der Waals surface area (Å²) in [6.07, 6.45) is 2.53. The molecular formula is C8H15ClO. The zero-order valence-electron chi connectivity index (χ0n) is 6.64. The molecule has 0 aromatic carbocycles. The fourth-order valence-electron chi connectivity index (χ4n) is 1.38. The predicted molar refractivity (Wildman–Crippen MR) is 43.5 cm³/mol. The summed E-state index contributed by atoms with van der Waals surface area (Å²) in [5.41, 5.74) is 0. The molecule has 0 unspecified atom stereocenters. The molecule has 2 atom stereocenters. The fourth-order valence-corrected chi connectivity index (χ4v) is 1.89. The van der Waals surface area contributed by atoms with Crippen molar-refractivity contribution in [3.8, 4) is 0 Å². The van der Waals surface area contributed by atoms with Gasteiger partial charge in [0.25, 0.3) is 0 Å². The van der Waals surface area contributed by atoms with E-state index < -0.39 is 0 Å². The van der Waals surface area contributed by atoms with E-state index in [-0.39, 0.29) is 11.5 Å². The molecule has 0 aliphatic carbocycles. The summed E-state index contributed by atoms with van der Waals surface area (Å²) in [7, 11) is 0. The maximum Gasteiger partial charge on any atom is 0.0761 e. The lowest BCUT2D eigenvalue weighted by atomic mass is 9.99. The molecule has 0 aromatic heterocycles. The highest BCUT2D eigenvalue weighted by Crippen LogP contribution is 2.24. The van der Waals surface area contributed by atoms with E-state index in [0.717, 1.165) is 19.4 Å². The molecule has 0 N–H and O–H groups in total. The van der Waals surface area contributed by atoms with Gasteiger partial charge in [0.1, 0.15) is 0 Å². The van der Waals surface area contributed by atoms with Crippen LogP contribution in [-0.4, -0.2) is 18.1 Å². The van der Waals surface area contributed by atoms with Crippen LogP contribution in [-0.2, 0) is 4.74 Å². The first-order valence-electron chi connectivity index (χ1n) is 3.97. The van der Waals surface area contributed by atoms with Gasteiger partial charge < -0.3 is 4.74 Å². The third kappa shape index (κ3) is 1.86. The first-order valence-corrected chi connectivity index (χ1v) is 4.41. The molecule has 1 nitrogen and oxygen atoms in total. The van der Waals surface area contributed by atoms with Crippen LogP contribution in [0.25, 0.3) is 0 Å². The Morgan fingerprint density at radius 2 is 2.20 bits per heavy atom. The Bertz CT molecular complexity index is 103. The Kier molecular flexibility index (Phi) is 2.99. The van der Waals surface area contributed by atoms with Crippen LogP contribution in [0.2, 0.25) is 0 Å². The molecule has 1 aliphatic rings. The normalized spacial score (nSPS) is 34.8. The largest absolute Gasteiger partial charge is 0.376 e. The van der Waals surface area contributed by atoms with Gasteiger partial charge in [0.05, 0.1) is 11.5 Å². The summed E-state index contributed by atoms with van der Waals surface area (Å²) in [5.74, 6) is 0.558. The first kappa shape index (κ1) is 8.35. The molecule has 1 heterocycles. The minimum absolute atomic E-state index is 0.244. The smallest absolute Gasteiger partial charge is 0.0761 e. The molecule has 0 bridgehead atoms. The van der Waals surface area contributed by atoms with Gasteiger partial charge in [-0.2, -0.15) is 0 Å². The van der Waals surface area contributed by atoms with Crippen LogP contribution in [0.4, 0.5) is 0 Å². The lowest BCUT2D eigenvalue weighted by molar-refractivity contribution is -0.00821. The van der Waals surface area contributed by atoms with Crippen molar-refractivity contribution < 1.29 is 4.74 Å². The number of rotatable bonds is 1. The summed E-state index contributed by atoms with van der Waals surface area (Å²) in [6.45, 7) is 5.21. The van der Waals surface area contributed by atoms with Gasteiger partial charge in [-0.25, -0.2) is 0 Å². The molecule has 0 saturated carbocycles. The van der Waals surface area contributed by atoms with Crippen LogP contribution in [0.1, 0.15) is 26.7 Å². The number of hydrogen-bond donors (Lipinski definition) is 0. The summed E-state index contributed by atoms with van der Waals surface area (Å²) < 4.78 is 5.52. The van der Waals surface area contributed by atoms with Crippen molar-refractivity contribution >= 4 is 11.6 Å².